The fourth-order valence-electron chi connectivity index (χ4n) is 1.49. The van der Waals surface area contributed by atoms with Crippen LogP contribution in [0, 0.1) is 0 Å². The normalized spacial score (nSPS) is 12.4. The summed E-state index contributed by atoms with van der Waals surface area (Å²) in [7, 11) is 3.40. The van der Waals surface area contributed by atoms with Crippen molar-refractivity contribution in [1.82, 2.24) is 0 Å². The first-order valence-electron chi connectivity index (χ1n) is 5.27. The standard InChI is InChI=1S/C12H19NO2S/c1-14-7-8-16-12(9-13)10-5-3-4-6-11(10)15-2/h3-6,12H,7-9,13H2,1-2H3. The van der Waals surface area contributed by atoms with Crippen LogP contribution in [0.25, 0.3) is 0 Å². The zero-order valence-corrected chi connectivity index (χ0v) is 10.6. The molecule has 1 aromatic rings. The molecule has 0 radical (unpaired) electrons. The molecule has 0 spiro atoms. The lowest BCUT2D eigenvalue weighted by Gasteiger charge is -2.17. The summed E-state index contributed by atoms with van der Waals surface area (Å²) < 4.78 is 10.4. The molecule has 0 aliphatic rings. The maximum absolute atomic E-state index is 5.79. The monoisotopic (exact) mass is 241 g/mol. The maximum atomic E-state index is 5.79. The van der Waals surface area contributed by atoms with Crippen molar-refractivity contribution in [3.63, 3.8) is 0 Å². The van der Waals surface area contributed by atoms with E-state index in [0.29, 0.717) is 6.54 Å². The SMILES string of the molecule is COCCSC(CN)c1ccccc1OC. The fourth-order valence-corrected chi connectivity index (χ4v) is 2.55. The molecule has 0 aliphatic heterocycles. The highest BCUT2D eigenvalue weighted by atomic mass is 32.2. The van der Waals surface area contributed by atoms with Crippen LogP contribution < -0.4 is 10.5 Å². The van der Waals surface area contributed by atoms with E-state index in [4.69, 9.17) is 15.2 Å². The summed E-state index contributed by atoms with van der Waals surface area (Å²) in [5.41, 5.74) is 6.95. The van der Waals surface area contributed by atoms with Gasteiger partial charge in [0.15, 0.2) is 0 Å². The molecule has 4 heteroatoms. The molecule has 1 atom stereocenters. The van der Waals surface area contributed by atoms with E-state index in [9.17, 15) is 0 Å². The Kier molecular flexibility index (Phi) is 6.30. The van der Waals surface area contributed by atoms with Gasteiger partial charge in [-0.2, -0.15) is 0 Å². The van der Waals surface area contributed by atoms with Gasteiger partial charge in [0.1, 0.15) is 5.75 Å². The second-order valence-electron chi connectivity index (χ2n) is 3.33. The summed E-state index contributed by atoms with van der Waals surface area (Å²) in [6.45, 7) is 1.35. The Labute approximate surface area is 101 Å². The first-order chi connectivity index (χ1) is 7.83. The Morgan fingerprint density at radius 2 is 2.06 bits per heavy atom. The van der Waals surface area contributed by atoms with Crippen LogP contribution in [0.3, 0.4) is 0 Å². The van der Waals surface area contributed by atoms with Crippen molar-refractivity contribution in [2.24, 2.45) is 5.73 Å². The van der Waals surface area contributed by atoms with Gasteiger partial charge in [-0.05, 0) is 6.07 Å². The minimum Gasteiger partial charge on any atom is -0.496 e. The van der Waals surface area contributed by atoms with Gasteiger partial charge in [0.2, 0.25) is 0 Å². The molecule has 0 fully saturated rings. The number of ether oxygens (including phenoxy) is 2. The number of methoxy groups -OCH3 is 2. The molecule has 1 rings (SSSR count). The first kappa shape index (κ1) is 13.4. The number of rotatable bonds is 7. The number of hydrogen-bond donors (Lipinski definition) is 1. The van der Waals surface area contributed by atoms with Gasteiger partial charge in [0.25, 0.3) is 0 Å². The van der Waals surface area contributed by atoms with Crippen LogP contribution in [0.4, 0.5) is 0 Å². The van der Waals surface area contributed by atoms with E-state index in [1.165, 1.54) is 0 Å². The van der Waals surface area contributed by atoms with E-state index in [0.717, 1.165) is 23.7 Å². The fraction of sp³-hybridized carbons (Fsp3) is 0.500. The van der Waals surface area contributed by atoms with Crippen LogP contribution in [-0.4, -0.2) is 33.1 Å². The van der Waals surface area contributed by atoms with Crippen molar-refractivity contribution in [2.75, 3.05) is 33.1 Å². The average Bonchev–Trinajstić information content (AvgIpc) is 2.35. The van der Waals surface area contributed by atoms with Gasteiger partial charge in [0, 0.05) is 30.2 Å². The van der Waals surface area contributed by atoms with Gasteiger partial charge in [-0.1, -0.05) is 18.2 Å². The third-order valence-electron chi connectivity index (χ3n) is 2.31. The number of thioether (sulfide) groups is 1. The Morgan fingerprint density at radius 3 is 2.69 bits per heavy atom. The van der Waals surface area contributed by atoms with Crippen LogP contribution in [0.1, 0.15) is 10.8 Å². The third-order valence-corrected chi connectivity index (χ3v) is 3.56. The van der Waals surface area contributed by atoms with Crippen LogP contribution in [0.15, 0.2) is 24.3 Å². The van der Waals surface area contributed by atoms with Crippen molar-refractivity contribution in [2.45, 2.75) is 5.25 Å². The highest BCUT2D eigenvalue weighted by molar-refractivity contribution is 7.99. The van der Waals surface area contributed by atoms with E-state index >= 15 is 0 Å². The van der Waals surface area contributed by atoms with Crippen LogP contribution >= 0.6 is 11.8 Å². The molecular formula is C12H19NO2S. The molecule has 90 valence electrons. The van der Waals surface area contributed by atoms with E-state index in [1.807, 2.05) is 18.2 Å². The lowest BCUT2D eigenvalue weighted by Crippen LogP contribution is -2.11. The Morgan fingerprint density at radius 1 is 1.31 bits per heavy atom. The number of benzene rings is 1. The topological polar surface area (TPSA) is 44.5 Å². The second-order valence-corrected chi connectivity index (χ2v) is 4.64. The van der Waals surface area contributed by atoms with E-state index < -0.39 is 0 Å². The smallest absolute Gasteiger partial charge is 0.123 e. The molecule has 0 amide bonds. The lowest BCUT2D eigenvalue weighted by molar-refractivity contribution is 0.218. The molecule has 0 aromatic heterocycles. The number of para-hydroxylation sites is 1. The zero-order chi connectivity index (χ0) is 11.8. The highest BCUT2D eigenvalue weighted by Gasteiger charge is 2.14. The summed E-state index contributed by atoms with van der Waals surface area (Å²) in [5, 5.41) is 0.270. The summed E-state index contributed by atoms with van der Waals surface area (Å²) in [6, 6.07) is 8.01. The Balaban J connectivity index is 2.69. The predicted molar refractivity (Wildman–Crippen MR) is 69.1 cm³/mol. The number of nitrogens with two attached hydrogens (primary N) is 1. The summed E-state index contributed by atoms with van der Waals surface area (Å²) >= 11 is 1.80. The molecule has 0 aliphatic carbocycles. The van der Waals surface area contributed by atoms with E-state index in [-0.39, 0.29) is 5.25 Å². The van der Waals surface area contributed by atoms with Gasteiger partial charge in [-0.25, -0.2) is 0 Å². The minimum atomic E-state index is 0.270. The Hall–Kier alpha value is -0.710. The molecule has 1 aromatic carbocycles. The molecule has 0 saturated heterocycles. The van der Waals surface area contributed by atoms with Gasteiger partial charge in [0.05, 0.1) is 13.7 Å². The third kappa shape index (κ3) is 3.70. The van der Waals surface area contributed by atoms with Crippen molar-refractivity contribution in [3.05, 3.63) is 29.8 Å². The molecule has 3 nitrogen and oxygen atoms in total. The molecule has 2 N–H and O–H groups in total. The van der Waals surface area contributed by atoms with Gasteiger partial charge in [-0.15, -0.1) is 11.8 Å². The van der Waals surface area contributed by atoms with E-state index in [1.54, 1.807) is 26.0 Å². The van der Waals surface area contributed by atoms with Crippen molar-refractivity contribution < 1.29 is 9.47 Å². The van der Waals surface area contributed by atoms with E-state index in [2.05, 4.69) is 6.07 Å². The minimum absolute atomic E-state index is 0.270. The van der Waals surface area contributed by atoms with Crippen molar-refractivity contribution in [3.8, 4) is 5.75 Å². The maximum Gasteiger partial charge on any atom is 0.123 e. The van der Waals surface area contributed by atoms with Crippen LogP contribution in [0.2, 0.25) is 0 Å². The predicted octanol–water partition coefficient (Wildman–Crippen LogP) is 2.07. The lowest BCUT2D eigenvalue weighted by atomic mass is 10.1. The van der Waals surface area contributed by atoms with Gasteiger partial charge >= 0.3 is 0 Å². The average molecular weight is 241 g/mol. The first-order valence-corrected chi connectivity index (χ1v) is 6.31. The highest BCUT2D eigenvalue weighted by Crippen LogP contribution is 2.33. The number of hydrogen-bond acceptors (Lipinski definition) is 4. The van der Waals surface area contributed by atoms with Crippen molar-refractivity contribution in [1.29, 1.82) is 0 Å². The van der Waals surface area contributed by atoms with Gasteiger partial charge < -0.3 is 15.2 Å². The van der Waals surface area contributed by atoms with Crippen molar-refractivity contribution >= 4 is 11.8 Å². The molecule has 16 heavy (non-hydrogen) atoms. The molecule has 0 bridgehead atoms. The zero-order valence-electron chi connectivity index (χ0n) is 9.81. The second kappa shape index (κ2) is 7.54. The Bertz CT molecular complexity index is 307. The van der Waals surface area contributed by atoms with Crippen LogP contribution in [0.5, 0.6) is 5.75 Å². The van der Waals surface area contributed by atoms with Gasteiger partial charge in [-0.3, -0.25) is 0 Å². The molecule has 0 saturated carbocycles. The molecular weight excluding hydrogens is 222 g/mol. The summed E-state index contributed by atoms with van der Waals surface area (Å²) in [6.07, 6.45) is 0. The molecule has 0 heterocycles. The quantitative estimate of drug-likeness (QED) is 0.742. The summed E-state index contributed by atoms with van der Waals surface area (Å²) in [5.74, 6) is 1.85. The summed E-state index contributed by atoms with van der Waals surface area (Å²) in [4.78, 5) is 0. The largest absolute Gasteiger partial charge is 0.496 e. The van der Waals surface area contributed by atoms with Crippen LogP contribution in [-0.2, 0) is 4.74 Å². The molecule has 1 unspecified atom stereocenters.